The largest absolute Gasteiger partial charge is 0.504 e. The molecule has 2 aliphatic carbocycles. The molecule has 0 spiro atoms. The zero-order chi connectivity index (χ0) is 34.7. The summed E-state index contributed by atoms with van der Waals surface area (Å²) in [4.78, 5) is 60.6. The van der Waals surface area contributed by atoms with Crippen LogP contribution in [0.4, 0.5) is 5.69 Å². The highest BCUT2D eigenvalue weighted by molar-refractivity contribution is 7.09. The second kappa shape index (κ2) is 12.3. The molecule has 2 aliphatic heterocycles. The van der Waals surface area contributed by atoms with E-state index in [4.69, 9.17) is 4.74 Å². The zero-order valence-electron chi connectivity index (χ0n) is 27.7. The second-order valence-electron chi connectivity index (χ2n) is 13.6. The molecule has 4 aliphatic rings. The standard InChI is InChI=1S/C40H37N3O6S/c1-3-49-32-13-7-12-29(35(32)44)34-27-18-19-28-33(38(47)42(36(28)45)22-26-11-8-20-50-26)30(27)21-31-37(46)43(41-25-16-14-23(2)15-17-25)39(48)40(31,34)24-9-5-4-6-10-24/h4-18,20,28,30-31,33-34,41,44H,3,19,21-22H2,1-2H3. The van der Waals surface area contributed by atoms with E-state index in [9.17, 15) is 19.5 Å². The molecule has 3 aromatic carbocycles. The Bertz CT molecular complexity index is 2030. The van der Waals surface area contributed by atoms with Crippen molar-refractivity contribution in [3.05, 3.63) is 124 Å². The summed E-state index contributed by atoms with van der Waals surface area (Å²) in [6, 6.07) is 25.8. The molecule has 50 heavy (non-hydrogen) atoms. The number of aryl methyl sites for hydroxylation is 1. The molecule has 4 amide bonds. The molecule has 6 atom stereocenters. The number of imide groups is 2. The Hall–Kier alpha value is -5.22. The Morgan fingerprint density at radius 1 is 0.900 bits per heavy atom. The number of nitrogens with zero attached hydrogens (tertiary/aromatic N) is 2. The fourth-order valence-corrected chi connectivity index (χ4v) is 9.61. The number of carbonyl (C=O) groups is 4. The Morgan fingerprint density at radius 3 is 2.40 bits per heavy atom. The third-order valence-electron chi connectivity index (χ3n) is 11.0. The van der Waals surface area contributed by atoms with E-state index >= 15 is 4.79 Å². The van der Waals surface area contributed by atoms with Gasteiger partial charge in [0.15, 0.2) is 11.5 Å². The summed E-state index contributed by atoms with van der Waals surface area (Å²) < 4.78 is 5.83. The van der Waals surface area contributed by atoms with Crippen molar-refractivity contribution in [2.75, 3.05) is 12.0 Å². The smallest absolute Gasteiger partial charge is 0.260 e. The van der Waals surface area contributed by atoms with Crippen LogP contribution in [0.15, 0.2) is 102 Å². The summed E-state index contributed by atoms with van der Waals surface area (Å²) in [7, 11) is 0. The summed E-state index contributed by atoms with van der Waals surface area (Å²) in [5.41, 5.74) is 5.10. The van der Waals surface area contributed by atoms with Crippen molar-refractivity contribution in [1.82, 2.24) is 9.91 Å². The van der Waals surface area contributed by atoms with Gasteiger partial charge in [0.2, 0.25) is 11.8 Å². The fraction of sp³-hybridized carbons (Fsp3) is 0.300. The molecular weight excluding hydrogens is 651 g/mol. The maximum atomic E-state index is 15.3. The van der Waals surface area contributed by atoms with Crippen LogP contribution in [-0.2, 0) is 31.1 Å². The van der Waals surface area contributed by atoms with Gasteiger partial charge in [-0.2, -0.15) is 5.01 Å². The number of phenols is 1. The van der Waals surface area contributed by atoms with Crippen molar-refractivity contribution in [3.8, 4) is 11.5 Å². The summed E-state index contributed by atoms with van der Waals surface area (Å²) in [6.07, 6.45) is 2.50. The molecule has 2 N–H and O–H groups in total. The molecule has 1 aromatic heterocycles. The topological polar surface area (TPSA) is 116 Å². The predicted octanol–water partition coefficient (Wildman–Crippen LogP) is 6.35. The Balaban J connectivity index is 1.32. The van der Waals surface area contributed by atoms with Gasteiger partial charge in [-0.15, -0.1) is 11.3 Å². The third kappa shape index (κ3) is 4.72. The number of ether oxygens (including phenoxy) is 1. The number of anilines is 1. The molecule has 1 saturated carbocycles. The van der Waals surface area contributed by atoms with Crippen LogP contribution in [-0.4, -0.2) is 45.3 Å². The number of amides is 4. The number of hydrogen-bond donors (Lipinski definition) is 2. The average molecular weight is 688 g/mol. The van der Waals surface area contributed by atoms with Gasteiger partial charge in [-0.1, -0.05) is 77.9 Å². The van der Waals surface area contributed by atoms with Crippen molar-refractivity contribution in [3.63, 3.8) is 0 Å². The number of fused-ring (bicyclic) bond motifs is 4. The maximum Gasteiger partial charge on any atom is 0.260 e. The van der Waals surface area contributed by atoms with E-state index in [1.165, 1.54) is 16.2 Å². The molecule has 9 nitrogen and oxygen atoms in total. The number of hydrogen-bond acceptors (Lipinski definition) is 8. The third-order valence-corrected chi connectivity index (χ3v) is 11.9. The number of hydrazine groups is 1. The normalized spacial score (nSPS) is 27.2. The lowest BCUT2D eigenvalue weighted by Crippen LogP contribution is -2.53. The highest BCUT2D eigenvalue weighted by Crippen LogP contribution is 2.65. The number of carbonyl (C=O) groups excluding carboxylic acids is 4. The highest BCUT2D eigenvalue weighted by Gasteiger charge is 2.70. The van der Waals surface area contributed by atoms with E-state index in [0.29, 0.717) is 29.8 Å². The Kier molecular flexibility index (Phi) is 7.86. The summed E-state index contributed by atoms with van der Waals surface area (Å²) in [5, 5.41) is 14.9. The number of nitrogens with one attached hydrogen (secondary N) is 1. The van der Waals surface area contributed by atoms with Crippen molar-refractivity contribution < 1.29 is 29.0 Å². The predicted molar refractivity (Wildman–Crippen MR) is 188 cm³/mol. The second-order valence-corrected chi connectivity index (χ2v) is 14.6. The molecule has 6 unspecified atom stereocenters. The number of thiophene rings is 1. The van der Waals surface area contributed by atoms with Crippen LogP contribution < -0.4 is 10.2 Å². The molecule has 0 radical (unpaired) electrons. The fourth-order valence-electron chi connectivity index (χ4n) is 8.92. The minimum absolute atomic E-state index is 0.115. The lowest BCUT2D eigenvalue weighted by atomic mass is 9.49. The highest BCUT2D eigenvalue weighted by atomic mass is 32.1. The van der Waals surface area contributed by atoms with Gasteiger partial charge in [0.1, 0.15) is 0 Å². The quantitative estimate of drug-likeness (QED) is 0.164. The number of allylic oxidation sites excluding steroid dienone is 2. The van der Waals surface area contributed by atoms with E-state index in [0.717, 1.165) is 21.0 Å². The van der Waals surface area contributed by atoms with Crippen LogP contribution >= 0.6 is 11.3 Å². The lowest BCUT2D eigenvalue weighted by molar-refractivity contribution is -0.141. The Labute approximate surface area is 294 Å². The molecule has 0 bridgehead atoms. The van der Waals surface area contributed by atoms with Crippen molar-refractivity contribution >= 4 is 40.7 Å². The van der Waals surface area contributed by atoms with Gasteiger partial charge in [-0.3, -0.25) is 29.5 Å². The van der Waals surface area contributed by atoms with E-state index in [2.05, 4.69) is 5.43 Å². The molecule has 254 valence electrons. The van der Waals surface area contributed by atoms with Gasteiger partial charge in [0.05, 0.1) is 42.0 Å². The van der Waals surface area contributed by atoms with Crippen LogP contribution in [0.2, 0.25) is 0 Å². The first kappa shape index (κ1) is 32.0. The zero-order valence-corrected chi connectivity index (χ0v) is 28.6. The van der Waals surface area contributed by atoms with Crippen LogP contribution in [0, 0.1) is 30.6 Å². The van der Waals surface area contributed by atoms with Gasteiger partial charge >= 0.3 is 0 Å². The first-order valence-electron chi connectivity index (χ1n) is 17.0. The van der Waals surface area contributed by atoms with Crippen LogP contribution in [0.1, 0.15) is 47.3 Å². The van der Waals surface area contributed by atoms with Crippen molar-refractivity contribution in [2.24, 2.45) is 23.7 Å². The number of para-hydroxylation sites is 1. The SMILES string of the molecule is CCOc1cccc(C2C3=CCC4C(=O)N(Cc5cccs5)C(=O)C4C3CC3C(=O)N(Nc4ccc(C)cc4)C(=O)C32c2ccccc2)c1O. The molecule has 8 rings (SSSR count). The lowest BCUT2D eigenvalue weighted by Gasteiger charge is -2.50. The molecule has 3 heterocycles. The van der Waals surface area contributed by atoms with E-state index in [1.54, 1.807) is 18.2 Å². The maximum absolute atomic E-state index is 15.3. The number of benzene rings is 3. The summed E-state index contributed by atoms with van der Waals surface area (Å²) in [5.74, 6) is -4.72. The monoisotopic (exact) mass is 687 g/mol. The Morgan fingerprint density at radius 2 is 1.68 bits per heavy atom. The minimum atomic E-state index is -1.48. The molecular formula is C40H37N3O6S. The molecule has 4 aromatic rings. The van der Waals surface area contributed by atoms with Crippen LogP contribution in [0.3, 0.4) is 0 Å². The average Bonchev–Trinajstić information content (AvgIpc) is 3.79. The molecule has 10 heteroatoms. The van der Waals surface area contributed by atoms with Crippen molar-refractivity contribution in [2.45, 2.75) is 44.6 Å². The van der Waals surface area contributed by atoms with Gasteiger partial charge < -0.3 is 9.84 Å². The van der Waals surface area contributed by atoms with Crippen LogP contribution in [0.25, 0.3) is 0 Å². The first-order chi connectivity index (χ1) is 24.2. The van der Waals surface area contributed by atoms with Gasteiger partial charge in [0, 0.05) is 16.4 Å². The van der Waals surface area contributed by atoms with E-state index < -0.39 is 46.8 Å². The number of aromatic hydroxyl groups is 1. The molecule has 3 fully saturated rings. The van der Waals surface area contributed by atoms with Gasteiger partial charge in [-0.05, 0) is 67.8 Å². The minimum Gasteiger partial charge on any atom is -0.504 e. The number of rotatable bonds is 8. The summed E-state index contributed by atoms with van der Waals surface area (Å²) in [6.45, 7) is 4.30. The van der Waals surface area contributed by atoms with E-state index in [-0.39, 0.29) is 36.3 Å². The van der Waals surface area contributed by atoms with Crippen LogP contribution in [0.5, 0.6) is 11.5 Å². The van der Waals surface area contributed by atoms with E-state index in [1.807, 2.05) is 92.0 Å². The summed E-state index contributed by atoms with van der Waals surface area (Å²) >= 11 is 1.49. The van der Waals surface area contributed by atoms with Gasteiger partial charge in [0.25, 0.3) is 11.8 Å². The van der Waals surface area contributed by atoms with Crippen molar-refractivity contribution in [1.29, 1.82) is 0 Å². The first-order valence-corrected chi connectivity index (χ1v) is 17.9. The number of phenolic OH excluding ortho intramolecular Hbond substituents is 1. The number of likely N-dealkylation sites (tertiary alicyclic amines) is 1. The van der Waals surface area contributed by atoms with Gasteiger partial charge in [-0.25, -0.2) is 0 Å². The molecule has 2 saturated heterocycles.